The van der Waals surface area contributed by atoms with Crippen LogP contribution in [0.15, 0.2) is 72.9 Å². The molecule has 2 aromatic carbocycles. The van der Waals surface area contributed by atoms with E-state index in [0.717, 1.165) is 17.7 Å². The van der Waals surface area contributed by atoms with Crippen LogP contribution < -0.4 is 0 Å². The molecule has 0 atom stereocenters. The first kappa shape index (κ1) is 20.0. The fraction of sp³-hybridized carbons (Fsp3) is 0.136. The predicted molar refractivity (Wildman–Crippen MR) is 99.9 cm³/mol. The maximum Gasteiger partial charge on any atom is 0.416 e. The van der Waals surface area contributed by atoms with E-state index in [-0.39, 0.29) is 18.1 Å². The lowest BCUT2D eigenvalue weighted by atomic mass is 9.99. The lowest BCUT2D eigenvalue weighted by molar-refractivity contribution is -0.143. The van der Waals surface area contributed by atoms with Crippen LogP contribution >= 0.6 is 0 Å². The molecule has 0 aliphatic heterocycles. The van der Waals surface area contributed by atoms with Gasteiger partial charge in [-0.15, -0.1) is 0 Å². The fourth-order valence-corrected chi connectivity index (χ4v) is 3.36. The minimum Gasteiger partial charge on any atom is -0.303 e. The van der Waals surface area contributed by atoms with Gasteiger partial charge in [0.25, 0.3) is 0 Å². The molecule has 0 amide bonds. The number of alkyl halides is 6. The molecule has 0 N–H and O–H groups in total. The third-order valence-corrected chi connectivity index (χ3v) is 4.70. The second-order valence-corrected chi connectivity index (χ2v) is 6.79. The van der Waals surface area contributed by atoms with Gasteiger partial charge in [0.05, 0.1) is 22.5 Å². The largest absolute Gasteiger partial charge is 0.416 e. The Bertz CT molecular complexity index is 1160. The molecule has 0 aliphatic rings. The summed E-state index contributed by atoms with van der Waals surface area (Å²) in [7, 11) is 0. The van der Waals surface area contributed by atoms with Crippen LogP contribution in [0.1, 0.15) is 22.4 Å². The van der Waals surface area contributed by atoms with Crippen molar-refractivity contribution in [3.05, 3.63) is 95.3 Å². The van der Waals surface area contributed by atoms with Crippen molar-refractivity contribution in [3.63, 3.8) is 0 Å². The molecule has 0 fully saturated rings. The Hall–Kier alpha value is -3.29. The number of fused-ring (bicyclic) bond motifs is 1. The summed E-state index contributed by atoms with van der Waals surface area (Å²) in [5.74, 6) is 0. The highest BCUT2D eigenvalue weighted by Crippen LogP contribution is 2.37. The number of rotatable bonds is 3. The van der Waals surface area contributed by atoms with Crippen LogP contribution in [0.25, 0.3) is 16.9 Å². The highest BCUT2D eigenvalue weighted by atomic mass is 19.4. The highest BCUT2D eigenvalue weighted by Gasteiger charge is 2.37. The molecule has 0 unspecified atom stereocenters. The van der Waals surface area contributed by atoms with Crippen LogP contribution in [-0.4, -0.2) is 9.38 Å². The van der Waals surface area contributed by atoms with Gasteiger partial charge < -0.3 is 4.40 Å². The SMILES string of the molecule is FC(F)(F)c1cc(Cc2c(-c3ccccc3)nc3ccccn23)cc(C(F)(F)F)c1. The van der Waals surface area contributed by atoms with E-state index in [1.807, 2.05) is 0 Å². The molecular formula is C22H14F6N2. The van der Waals surface area contributed by atoms with Crippen molar-refractivity contribution in [1.82, 2.24) is 9.38 Å². The van der Waals surface area contributed by atoms with Gasteiger partial charge in [-0.1, -0.05) is 36.4 Å². The maximum atomic E-state index is 13.2. The molecule has 2 heterocycles. The van der Waals surface area contributed by atoms with Crippen molar-refractivity contribution in [2.45, 2.75) is 18.8 Å². The first-order valence-corrected chi connectivity index (χ1v) is 8.93. The summed E-state index contributed by atoms with van der Waals surface area (Å²) in [4.78, 5) is 4.54. The van der Waals surface area contributed by atoms with Gasteiger partial charge in [0, 0.05) is 18.2 Å². The standard InChI is InChI=1S/C22H14F6N2/c23-21(24,25)16-10-14(11-17(13-16)22(26,27)28)12-18-20(15-6-2-1-3-7-15)29-19-8-4-5-9-30(18)19/h1-11,13H,12H2. The molecule has 0 bridgehead atoms. The van der Waals surface area contributed by atoms with Crippen molar-refractivity contribution < 1.29 is 26.3 Å². The quantitative estimate of drug-likeness (QED) is 0.340. The first-order valence-electron chi connectivity index (χ1n) is 8.93. The Kier molecular flexibility index (Phi) is 4.80. The number of benzene rings is 2. The number of hydrogen-bond acceptors (Lipinski definition) is 1. The Labute approximate surface area is 167 Å². The summed E-state index contributed by atoms with van der Waals surface area (Å²) in [5, 5.41) is 0. The third kappa shape index (κ3) is 3.90. The number of hydrogen-bond donors (Lipinski definition) is 0. The highest BCUT2D eigenvalue weighted by molar-refractivity contribution is 5.67. The lowest BCUT2D eigenvalue weighted by Crippen LogP contribution is -2.12. The predicted octanol–water partition coefficient (Wildman–Crippen LogP) is 6.63. The number of pyridine rings is 1. The second-order valence-electron chi connectivity index (χ2n) is 6.79. The monoisotopic (exact) mass is 420 g/mol. The van der Waals surface area contributed by atoms with E-state index in [9.17, 15) is 26.3 Å². The van der Waals surface area contributed by atoms with Crippen molar-refractivity contribution >= 4 is 5.65 Å². The Morgan fingerprint density at radius 1 is 0.733 bits per heavy atom. The molecule has 2 aromatic heterocycles. The summed E-state index contributed by atoms with van der Waals surface area (Å²) in [6.45, 7) is 0. The van der Waals surface area contributed by atoms with Gasteiger partial charge in [-0.25, -0.2) is 4.98 Å². The fourth-order valence-electron chi connectivity index (χ4n) is 3.36. The van der Waals surface area contributed by atoms with Gasteiger partial charge in [-0.3, -0.25) is 0 Å². The molecule has 4 rings (SSSR count). The van der Waals surface area contributed by atoms with Crippen LogP contribution in [0.5, 0.6) is 0 Å². The topological polar surface area (TPSA) is 17.3 Å². The summed E-state index contributed by atoms with van der Waals surface area (Å²) >= 11 is 0. The van der Waals surface area contributed by atoms with Crippen molar-refractivity contribution in [2.75, 3.05) is 0 Å². The summed E-state index contributed by atoms with van der Waals surface area (Å²) in [6, 6.07) is 15.8. The average molecular weight is 420 g/mol. The molecule has 0 spiro atoms. The van der Waals surface area contributed by atoms with E-state index in [1.165, 1.54) is 0 Å². The van der Waals surface area contributed by atoms with Gasteiger partial charge in [-0.05, 0) is 35.9 Å². The number of halogens is 6. The van der Waals surface area contributed by atoms with E-state index in [2.05, 4.69) is 4.98 Å². The molecule has 0 saturated carbocycles. The van der Waals surface area contributed by atoms with E-state index in [0.29, 0.717) is 17.0 Å². The van der Waals surface area contributed by atoms with Crippen molar-refractivity contribution in [2.24, 2.45) is 0 Å². The van der Waals surface area contributed by atoms with Gasteiger partial charge >= 0.3 is 12.4 Å². The van der Waals surface area contributed by atoms with Crippen LogP contribution in [-0.2, 0) is 18.8 Å². The molecule has 30 heavy (non-hydrogen) atoms. The van der Waals surface area contributed by atoms with Crippen LogP contribution in [0.4, 0.5) is 26.3 Å². The smallest absolute Gasteiger partial charge is 0.303 e. The van der Waals surface area contributed by atoms with E-state index >= 15 is 0 Å². The van der Waals surface area contributed by atoms with Gasteiger partial charge in [0.2, 0.25) is 0 Å². The number of imidazole rings is 1. The molecule has 0 radical (unpaired) electrons. The molecule has 154 valence electrons. The molecule has 8 heteroatoms. The van der Waals surface area contributed by atoms with Crippen LogP contribution in [0.3, 0.4) is 0 Å². The third-order valence-electron chi connectivity index (χ3n) is 4.70. The zero-order chi connectivity index (χ0) is 21.5. The maximum absolute atomic E-state index is 13.2. The van der Waals surface area contributed by atoms with E-state index in [1.54, 1.807) is 59.1 Å². The first-order chi connectivity index (χ1) is 14.1. The van der Waals surface area contributed by atoms with Gasteiger partial charge in [-0.2, -0.15) is 26.3 Å². The zero-order valence-electron chi connectivity index (χ0n) is 15.3. The minimum atomic E-state index is -4.89. The molecule has 0 aliphatic carbocycles. The molecule has 4 aromatic rings. The van der Waals surface area contributed by atoms with Crippen molar-refractivity contribution in [3.8, 4) is 11.3 Å². The van der Waals surface area contributed by atoms with E-state index < -0.39 is 23.5 Å². The Balaban J connectivity index is 1.89. The lowest BCUT2D eigenvalue weighted by Gasteiger charge is -2.14. The molecule has 0 saturated heterocycles. The minimum absolute atomic E-state index is 0.0972. The Morgan fingerprint density at radius 2 is 1.33 bits per heavy atom. The second kappa shape index (κ2) is 7.19. The van der Waals surface area contributed by atoms with E-state index in [4.69, 9.17) is 0 Å². The Morgan fingerprint density at radius 3 is 1.93 bits per heavy atom. The summed E-state index contributed by atoms with van der Waals surface area (Å²) in [6.07, 6.45) is -8.25. The normalized spacial score (nSPS) is 12.5. The van der Waals surface area contributed by atoms with Crippen LogP contribution in [0.2, 0.25) is 0 Å². The summed E-state index contributed by atoms with van der Waals surface area (Å²) in [5.41, 5.74) is -0.476. The average Bonchev–Trinajstić information content (AvgIpc) is 3.06. The van der Waals surface area contributed by atoms with Gasteiger partial charge in [0.1, 0.15) is 5.65 Å². The summed E-state index contributed by atoms with van der Waals surface area (Å²) < 4.78 is 81.0. The van der Waals surface area contributed by atoms with Crippen LogP contribution in [0, 0.1) is 0 Å². The number of aromatic nitrogens is 2. The van der Waals surface area contributed by atoms with Gasteiger partial charge in [0.15, 0.2) is 0 Å². The molecule has 2 nitrogen and oxygen atoms in total. The number of nitrogens with zero attached hydrogens (tertiary/aromatic N) is 2. The molecular weight excluding hydrogens is 406 g/mol. The zero-order valence-corrected chi connectivity index (χ0v) is 15.3. The van der Waals surface area contributed by atoms with Crippen molar-refractivity contribution in [1.29, 1.82) is 0 Å².